The van der Waals surface area contributed by atoms with Crippen molar-refractivity contribution in [1.29, 1.82) is 5.26 Å². The second-order valence-electron chi connectivity index (χ2n) is 2.76. The van der Waals surface area contributed by atoms with Crippen molar-refractivity contribution in [1.82, 2.24) is 9.97 Å². The van der Waals surface area contributed by atoms with Crippen LogP contribution < -0.4 is 0 Å². The molecule has 0 spiro atoms. The van der Waals surface area contributed by atoms with Gasteiger partial charge in [0, 0.05) is 6.20 Å². The quantitative estimate of drug-likeness (QED) is 0.700. The van der Waals surface area contributed by atoms with Crippen LogP contribution in [0.5, 0.6) is 0 Å². The molecule has 2 aromatic rings. The summed E-state index contributed by atoms with van der Waals surface area (Å²) in [6, 6.07) is 4.92. The standard InChI is InChI=1S/C9H5N3O2/c10-3-5-1-7-6(11-4-5)2-8(12-7)9(13)14/h1-2,4,12H,(H,13,14). The van der Waals surface area contributed by atoms with E-state index in [4.69, 9.17) is 10.4 Å². The number of H-pyrrole nitrogens is 1. The molecular formula is C9H5N3O2. The van der Waals surface area contributed by atoms with E-state index in [1.54, 1.807) is 6.07 Å². The molecular weight excluding hydrogens is 182 g/mol. The number of carboxylic acid groups (broad SMARTS) is 1. The van der Waals surface area contributed by atoms with E-state index < -0.39 is 5.97 Å². The molecule has 0 aliphatic rings. The van der Waals surface area contributed by atoms with Crippen LogP contribution in [-0.2, 0) is 0 Å². The maximum absolute atomic E-state index is 10.6. The highest BCUT2D eigenvalue weighted by atomic mass is 16.4. The average molecular weight is 187 g/mol. The van der Waals surface area contributed by atoms with Gasteiger partial charge < -0.3 is 10.1 Å². The molecule has 0 saturated heterocycles. The fraction of sp³-hybridized carbons (Fsp3) is 0. The Morgan fingerprint density at radius 2 is 2.36 bits per heavy atom. The number of nitrogens with one attached hydrogen (secondary N) is 1. The van der Waals surface area contributed by atoms with Gasteiger partial charge in [0.05, 0.1) is 16.6 Å². The maximum atomic E-state index is 10.6. The molecule has 68 valence electrons. The Bertz CT molecular complexity index is 551. The van der Waals surface area contributed by atoms with Gasteiger partial charge in [0.1, 0.15) is 11.8 Å². The Kier molecular flexibility index (Phi) is 1.68. The Morgan fingerprint density at radius 1 is 1.57 bits per heavy atom. The third-order valence-electron chi connectivity index (χ3n) is 1.83. The SMILES string of the molecule is N#Cc1cnc2cc(C(=O)O)[nH]c2c1. The summed E-state index contributed by atoms with van der Waals surface area (Å²) in [6.45, 7) is 0. The van der Waals surface area contributed by atoms with E-state index in [2.05, 4.69) is 9.97 Å². The summed E-state index contributed by atoms with van der Waals surface area (Å²) in [7, 11) is 0. The molecule has 0 atom stereocenters. The van der Waals surface area contributed by atoms with E-state index in [-0.39, 0.29) is 5.69 Å². The first kappa shape index (κ1) is 8.26. The summed E-state index contributed by atoms with van der Waals surface area (Å²) in [5.41, 5.74) is 1.57. The number of nitriles is 1. The zero-order chi connectivity index (χ0) is 10.1. The number of aromatic nitrogens is 2. The van der Waals surface area contributed by atoms with Crippen LogP contribution in [0.25, 0.3) is 11.0 Å². The van der Waals surface area contributed by atoms with E-state index in [1.807, 2.05) is 6.07 Å². The highest BCUT2D eigenvalue weighted by molar-refractivity contribution is 5.92. The fourth-order valence-electron chi connectivity index (χ4n) is 1.18. The Labute approximate surface area is 78.6 Å². The maximum Gasteiger partial charge on any atom is 0.352 e. The van der Waals surface area contributed by atoms with Crippen LogP contribution in [-0.4, -0.2) is 21.0 Å². The van der Waals surface area contributed by atoms with Crippen LogP contribution >= 0.6 is 0 Å². The van der Waals surface area contributed by atoms with Crippen molar-refractivity contribution in [3.63, 3.8) is 0 Å². The number of rotatable bonds is 1. The van der Waals surface area contributed by atoms with Gasteiger partial charge in [-0.05, 0) is 12.1 Å². The second kappa shape index (κ2) is 2.85. The first-order valence-electron chi connectivity index (χ1n) is 3.83. The number of nitrogens with zero attached hydrogens (tertiary/aromatic N) is 2. The van der Waals surface area contributed by atoms with Gasteiger partial charge in [-0.3, -0.25) is 4.98 Å². The molecule has 0 unspecified atom stereocenters. The lowest BCUT2D eigenvalue weighted by atomic mass is 10.3. The van der Waals surface area contributed by atoms with Crippen LogP contribution in [0.1, 0.15) is 16.1 Å². The Balaban J connectivity index is 2.67. The molecule has 0 aliphatic heterocycles. The third kappa shape index (κ3) is 1.19. The molecule has 0 radical (unpaired) electrons. The molecule has 2 rings (SSSR count). The van der Waals surface area contributed by atoms with Crippen molar-refractivity contribution < 1.29 is 9.90 Å². The first-order chi connectivity index (χ1) is 6.70. The van der Waals surface area contributed by atoms with Gasteiger partial charge in [-0.25, -0.2) is 4.79 Å². The van der Waals surface area contributed by atoms with Crippen molar-refractivity contribution in [3.05, 3.63) is 29.6 Å². The molecule has 0 fully saturated rings. The lowest BCUT2D eigenvalue weighted by molar-refractivity contribution is 0.0691. The van der Waals surface area contributed by atoms with Crippen LogP contribution in [0.3, 0.4) is 0 Å². The molecule has 0 amide bonds. The van der Waals surface area contributed by atoms with Crippen LogP contribution in [0.2, 0.25) is 0 Å². The minimum absolute atomic E-state index is 0.0718. The molecule has 5 nitrogen and oxygen atoms in total. The van der Waals surface area contributed by atoms with E-state index in [9.17, 15) is 4.79 Å². The number of fused-ring (bicyclic) bond motifs is 1. The van der Waals surface area contributed by atoms with Gasteiger partial charge in [-0.2, -0.15) is 5.26 Å². The van der Waals surface area contributed by atoms with E-state index in [0.717, 1.165) is 0 Å². The molecule has 5 heteroatoms. The highest BCUT2D eigenvalue weighted by Crippen LogP contribution is 2.13. The number of carboxylic acids is 1. The summed E-state index contributed by atoms with van der Waals surface area (Å²) in [5, 5.41) is 17.3. The van der Waals surface area contributed by atoms with Crippen molar-refractivity contribution >= 4 is 17.0 Å². The van der Waals surface area contributed by atoms with Crippen molar-refractivity contribution in [2.75, 3.05) is 0 Å². The summed E-state index contributed by atoms with van der Waals surface area (Å²) >= 11 is 0. The predicted molar refractivity (Wildman–Crippen MR) is 47.8 cm³/mol. The largest absolute Gasteiger partial charge is 0.477 e. The number of carbonyl (C=O) groups is 1. The molecule has 0 saturated carbocycles. The average Bonchev–Trinajstić information content (AvgIpc) is 2.59. The summed E-state index contributed by atoms with van der Waals surface area (Å²) in [5.74, 6) is -1.04. The third-order valence-corrected chi connectivity index (χ3v) is 1.83. The Morgan fingerprint density at radius 3 is 3.00 bits per heavy atom. The lowest BCUT2D eigenvalue weighted by Crippen LogP contribution is -1.94. The topological polar surface area (TPSA) is 89.8 Å². The van der Waals surface area contributed by atoms with Crippen molar-refractivity contribution in [2.24, 2.45) is 0 Å². The summed E-state index contributed by atoms with van der Waals surface area (Å²) < 4.78 is 0. The molecule has 0 bridgehead atoms. The highest BCUT2D eigenvalue weighted by Gasteiger charge is 2.08. The Hall–Kier alpha value is -2.35. The van der Waals surface area contributed by atoms with E-state index in [1.165, 1.54) is 12.3 Å². The van der Waals surface area contributed by atoms with Crippen LogP contribution in [0.4, 0.5) is 0 Å². The molecule has 2 heterocycles. The number of hydrogen-bond donors (Lipinski definition) is 2. The first-order valence-corrected chi connectivity index (χ1v) is 3.83. The smallest absolute Gasteiger partial charge is 0.352 e. The molecule has 0 aliphatic carbocycles. The predicted octanol–water partition coefficient (Wildman–Crippen LogP) is 1.13. The molecule has 14 heavy (non-hydrogen) atoms. The number of hydrogen-bond acceptors (Lipinski definition) is 3. The van der Waals surface area contributed by atoms with Crippen molar-refractivity contribution in [2.45, 2.75) is 0 Å². The summed E-state index contributed by atoms with van der Waals surface area (Å²) in [4.78, 5) is 17.2. The second-order valence-corrected chi connectivity index (χ2v) is 2.76. The van der Waals surface area contributed by atoms with Gasteiger partial charge in [-0.1, -0.05) is 0 Å². The van der Waals surface area contributed by atoms with Gasteiger partial charge in [0.2, 0.25) is 0 Å². The van der Waals surface area contributed by atoms with E-state index in [0.29, 0.717) is 16.6 Å². The normalized spacial score (nSPS) is 9.93. The van der Waals surface area contributed by atoms with Gasteiger partial charge in [-0.15, -0.1) is 0 Å². The van der Waals surface area contributed by atoms with E-state index >= 15 is 0 Å². The van der Waals surface area contributed by atoms with Crippen LogP contribution in [0, 0.1) is 11.3 Å². The molecule has 2 N–H and O–H groups in total. The number of aromatic amines is 1. The van der Waals surface area contributed by atoms with Gasteiger partial charge in [0.15, 0.2) is 0 Å². The van der Waals surface area contributed by atoms with Gasteiger partial charge >= 0.3 is 5.97 Å². The minimum Gasteiger partial charge on any atom is -0.477 e. The molecule has 0 aromatic carbocycles. The minimum atomic E-state index is -1.04. The summed E-state index contributed by atoms with van der Waals surface area (Å²) in [6.07, 6.45) is 1.40. The van der Waals surface area contributed by atoms with Crippen molar-refractivity contribution in [3.8, 4) is 6.07 Å². The monoisotopic (exact) mass is 187 g/mol. The number of aromatic carboxylic acids is 1. The fourth-order valence-corrected chi connectivity index (χ4v) is 1.18. The van der Waals surface area contributed by atoms with Gasteiger partial charge in [0.25, 0.3) is 0 Å². The van der Waals surface area contributed by atoms with Crippen LogP contribution in [0.15, 0.2) is 18.3 Å². The molecule has 2 aromatic heterocycles. The number of pyridine rings is 1. The zero-order valence-electron chi connectivity index (χ0n) is 6.98. The zero-order valence-corrected chi connectivity index (χ0v) is 6.98. The lowest BCUT2D eigenvalue weighted by Gasteiger charge is -1.88.